The fraction of sp³-hybridized carbons (Fsp3) is 0.308. The molecule has 0 aliphatic carbocycles. The molecule has 0 bridgehead atoms. The average molecular weight is 264 g/mol. The van der Waals surface area contributed by atoms with E-state index < -0.39 is 23.7 Å². The number of rotatable bonds is 2. The van der Waals surface area contributed by atoms with Crippen LogP contribution in [0.3, 0.4) is 0 Å². The molecule has 3 amide bonds. The molecule has 1 aromatic carbocycles. The number of nitrogens with one attached hydrogen (secondary N) is 2. The topological polar surface area (TPSA) is 75.3 Å². The molecule has 1 atom stereocenters. The minimum absolute atomic E-state index is 0.146. The average Bonchev–Trinajstić information content (AvgIpc) is 2.36. The highest BCUT2D eigenvalue weighted by molar-refractivity contribution is 6.03. The lowest BCUT2D eigenvalue weighted by Crippen LogP contribution is -2.52. The minimum Gasteiger partial charge on any atom is -0.340 e. The van der Waals surface area contributed by atoms with Crippen molar-refractivity contribution in [1.82, 2.24) is 10.6 Å². The zero-order chi connectivity index (χ0) is 14.0. The number of carbonyl (C=O) groups excluding carboxylic acids is 3. The van der Waals surface area contributed by atoms with Gasteiger partial charge in [-0.2, -0.15) is 0 Å². The van der Waals surface area contributed by atoms with Crippen LogP contribution >= 0.6 is 0 Å². The number of imide groups is 1. The molecule has 1 fully saturated rings. The molecule has 5 nitrogen and oxygen atoms in total. The molecule has 1 heterocycles. The van der Waals surface area contributed by atoms with E-state index in [1.54, 1.807) is 6.92 Å². The van der Waals surface area contributed by atoms with Crippen molar-refractivity contribution in [2.24, 2.45) is 0 Å². The van der Waals surface area contributed by atoms with Crippen LogP contribution in [0, 0.1) is 12.7 Å². The van der Waals surface area contributed by atoms with Crippen LogP contribution in [0.4, 0.5) is 4.39 Å². The van der Waals surface area contributed by atoms with Crippen LogP contribution in [0.5, 0.6) is 0 Å². The highest BCUT2D eigenvalue weighted by atomic mass is 19.1. The third-order valence-corrected chi connectivity index (χ3v) is 2.98. The molecular formula is C13H13FN2O3. The smallest absolute Gasteiger partial charge is 0.252 e. The largest absolute Gasteiger partial charge is 0.340 e. The van der Waals surface area contributed by atoms with Gasteiger partial charge in [0.2, 0.25) is 11.8 Å². The van der Waals surface area contributed by atoms with Crippen LogP contribution < -0.4 is 10.6 Å². The molecule has 19 heavy (non-hydrogen) atoms. The van der Waals surface area contributed by atoms with Gasteiger partial charge in [0.15, 0.2) is 0 Å². The van der Waals surface area contributed by atoms with Crippen molar-refractivity contribution >= 4 is 17.7 Å². The number of amides is 3. The summed E-state index contributed by atoms with van der Waals surface area (Å²) in [5.41, 5.74) is 0.588. The van der Waals surface area contributed by atoms with E-state index in [-0.39, 0.29) is 24.3 Å². The molecule has 1 aliphatic heterocycles. The third-order valence-electron chi connectivity index (χ3n) is 2.98. The first-order valence-corrected chi connectivity index (χ1v) is 5.88. The quantitative estimate of drug-likeness (QED) is 0.771. The molecule has 0 saturated carbocycles. The zero-order valence-electron chi connectivity index (χ0n) is 10.3. The van der Waals surface area contributed by atoms with E-state index in [9.17, 15) is 18.8 Å². The molecule has 100 valence electrons. The van der Waals surface area contributed by atoms with Crippen LogP contribution in [0.15, 0.2) is 18.2 Å². The number of hydrogen-bond acceptors (Lipinski definition) is 3. The Hall–Kier alpha value is -2.24. The van der Waals surface area contributed by atoms with Gasteiger partial charge in [-0.3, -0.25) is 19.7 Å². The van der Waals surface area contributed by atoms with E-state index in [0.717, 1.165) is 6.07 Å². The van der Waals surface area contributed by atoms with Crippen LogP contribution in [0.25, 0.3) is 0 Å². The SMILES string of the molecule is Cc1ccc(C(=O)NC2CCC(=O)NC2=O)cc1F. The number of hydrogen-bond donors (Lipinski definition) is 2. The summed E-state index contributed by atoms with van der Waals surface area (Å²) < 4.78 is 13.3. The number of benzene rings is 1. The maximum atomic E-state index is 13.3. The second-order valence-corrected chi connectivity index (χ2v) is 4.44. The summed E-state index contributed by atoms with van der Waals surface area (Å²) in [6, 6.07) is 3.35. The fourth-order valence-electron chi connectivity index (χ4n) is 1.81. The third kappa shape index (κ3) is 2.96. The van der Waals surface area contributed by atoms with Crippen molar-refractivity contribution in [2.75, 3.05) is 0 Å². The summed E-state index contributed by atoms with van der Waals surface area (Å²) in [6.45, 7) is 1.59. The van der Waals surface area contributed by atoms with Gasteiger partial charge < -0.3 is 5.32 Å². The summed E-state index contributed by atoms with van der Waals surface area (Å²) in [5.74, 6) is -1.89. The maximum absolute atomic E-state index is 13.3. The number of carbonyl (C=O) groups is 3. The first-order chi connectivity index (χ1) is 8.97. The maximum Gasteiger partial charge on any atom is 0.252 e. The van der Waals surface area contributed by atoms with Crippen molar-refractivity contribution in [3.63, 3.8) is 0 Å². The van der Waals surface area contributed by atoms with E-state index in [4.69, 9.17) is 0 Å². The van der Waals surface area contributed by atoms with Crippen molar-refractivity contribution in [1.29, 1.82) is 0 Å². The second-order valence-electron chi connectivity index (χ2n) is 4.44. The molecule has 1 aromatic rings. The number of aryl methyl sites for hydroxylation is 1. The standard InChI is InChI=1S/C13H13FN2O3/c1-7-2-3-8(6-9(7)14)12(18)15-10-4-5-11(17)16-13(10)19/h2-3,6,10H,4-5H2,1H3,(H,15,18)(H,16,17,19). The molecule has 6 heteroatoms. The van der Waals surface area contributed by atoms with Gasteiger partial charge in [0.25, 0.3) is 5.91 Å². The van der Waals surface area contributed by atoms with Gasteiger partial charge in [0.05, 0.1) is 0 Å². The van der Waals surface area contributed by atoms with Crippen LogP contribution in [0.2, 0.25) is 0 Å². The van der Waals surface area contributed by atoms with E-state index in [0.29, 0.717) is 5.56 Å². The van der Waals surface area contributed by atoms with Gasteiger partial charge in [0.1, 0.15) is 11.9 Å². The van der Waals surface area contributed by atoms with Gasteiger partial charge in [-0.05, 0) is 31.0 Å². The first-order valence-electron chi connectivity index (χ1n) is 5.88. The summed E-state index contributed by atoms with van der Waals surface area (Å²) in [6.07, 6.45) is 0.434. The number of piperidine rings is 1. The Bertz CT molecular complexity index is 557. The zero-order valence-corrected chi connectivity index (χ0v) is 10.3. The first kappa shape index (κ1) is 13.2. The lowest BCUT2D eigenvalue weighted by molar-refractivity contribution is -0.134. The Morgan fingerprint density at radius 2 is 2.16 bits per heavy atom. The Balaban J connectivity index is 2.06. The van der Waals surface area contributed by atoms with Crippen LogP contribution in [0.1, 0.15) is 28.8 Å². The molecule has 1 unspecified atom stereocenters. The predicted octanol–water partition coefficient (Wildman–Crippen LogP) is 0.669. The summed E-state index contributed by atoms with van der Waals surface area (Å²) in [5, 5.41) is 4.62. The van der Waals surface area contributed by atoms with E-state index in [2.05, 4.69) is 10.6 Å². The summed E-state index contributed by atoms with van der Waals surface area (Å²) in [7, 11) is 0. The van der Waals surface area contributed by atoms with Gasteiger partial charge in [-0.25, -0.2) is 4.39 Å². The van der Waals surface area contributed by atoms with Crippen LogP contribution in [-0.4, -0.2) is 23.8 Å². The summed E-state index contributed by atoms with van der Waals surface area (Å²) in [4.78, 5) is 34.3. The van der Waals surface area contributed by atoms with Gasteiger partial charge >= 0.3 is 0 Å². The Morgan fingerprint density at radius 3 is 2.79 bits per heavy atom. The monoisotopic (exact) mass is 264 g/mol. The van der Waals surface area contributed by atoms with Crippen molar-refractivity contribution < 1.29 is 18.8 Å². The molecule has 2 N–H and O–H groups in total. The van der Waals surface area contributed by atoms with Crippen molar-refractivity contribution in [3.05, 3.63) is 35.1 Å². The lowest BCUT2D eigenvalue weighted by Gasteiger charge is -2.21. The predicted molar refractivity (Wildman–Crippen MR) is 64.8 cm³/mol. The summed E-state index contributed by atoms with van der Waals surface area (Å²) >= 11 is 0. The molecular weight excluding hydrogens is 251 g/mol. The number of halogens is 1. The van der Waals surface area contributed by atoms with Gasteiger partial charge in [-0.1, -0.05) is 6.07 Å². The van der Waals surface area contributed by atoms with Gasteiger partial charge in [0, 0.05) is 12.0 Å². The molecule has 0 aromatic heterocycles. The van der Waals surface area contributed by atoms with Gasteiger partial charge in [-0.15, -0.1) is 0 Å². The Morgan fingerprint density at radius 1 is 1.42 bits per heavy atom. The van der Waals surface area contributed by atoms with Crippen molar-refractivity contribution in [3.8, 4) is 0 Å². The molecule has 0 radical (unpaired) electrons. The molecule has 1 aliphatic rings. The fourth-order valence-corrected chi connectivity index (χ4v) is 1.81. The highest BCUT2D eigenvalue weighted by Gasteiger charge is 2.28. The molecule has 1 saturated heterocycles. The van der Waals surface area contributed by atoms with Crippen molar-refractivity contribution in [2.45, 2.75) is 25.8 Å². The highest BCUT2D eigenvalue weighted by Crippen LogP contribution is 2.10. The van der Waals surface area contributed by atoms with Crippen LogP contribution in [-0.2, 0) is 9.59 Å². The van der Waals surface area contributed by atoms with E-state index in [1.165, 1.54) is 12.1 Å². The lowest BCUT2D eigenvalue weighted by atomic mass is 10.1. The molecule has 0 spiro atoms. The normalized spacial score (nSPS) is 18.9. The minimum atomic E-state index is -0.755. The van der Waals surface area contributed by atoms with E-state index in [1.807, 2.05) is 0 Å². The Labute approximate surface area is 109 Å². The van der Waals surface area contributed by atoms with E-state index >= 15 is 0 Å². The molecule has 2 rings (SSSR count). The Kier molecular flexibility index (Phi) is 3.59. The second kappa shape index (κ2) is 5.17.